The number of hydrogen-bond acceptors (Lipinski definition) is 4. The first kappa shape index (κ1) is 14.8. The summed E-state index contributed by atoms with van der Waals surface area (Å²) < 4.78 is 5.21. The second kappa shape index (κ2) is 6.73. The van der Waals surface area contributed by atoms with Crippen molar-refractivity contribution >= 4 is 17.5 Å². The molecule has 0 fully saturated rings. The molecule has 1 amide bonds. The summed E-state index contributed by atoms with van der Waals surface area (Å²) in [5.41, 5.74) is 1.34. The monoisotopic (exact) mass is 301 g/mol. The van der Waals surface area contributed by atoms with Crippen molar-refractivity contribution in [2.75, 3.05) is 7.11 Å². The fourth-order valence-electron chi connectivity index (χ4n) is 1.76. The Kier molecular flexibility index (Phi) is 4.75. The summed E-state index contributed by atoms with van der Waals surface area (Å²) in [5.74, 6) is 0.261. The molecule has 0 saturated heterocycles. The van der Waals surface area contributed by atoms with Crippen molar-refractivity contribution in [1.29, 1.82) is 5.26 Å². The standard InChI is InChI=1S/C15H12ClN3O2/c1-21-14-4-2-3-12(16)11(14)9-19-15(20)13-6-5-10(7-17)8-18-13/h2-6,8H,9H2,1H3,(H,19,20). The van der Waals surface area contributed by atoms with Crippen molar-refractivity contribution in [2.45, 2.75) is 6.54 Å². The first-order valence-electron chi connectivity index (χ1n) is 6.11. The molecule has 5 nitrogen and oxygen atoms in total. The molecule has 0 aliphatic heterocycles. The van der Waals surface area contributed by atoms with Crippen LogP contribution in [0.1, 0.15) is 21.6 Å². The smallest absolute Gasteiger partial charge is 0.270 e. The van der Waals surface area contributed by atoms with Crippen LogP contribution < -0.4 is 10.1 Å². The van der Waals surface area contributed by atoms with Gasteiger partial charge in [-0.05, 0) is 24.3 Å². The van der Waals surface area contributed by atoms with E-state index in [9.17, 15) is 4.79 Å². The Bertz CT molecular complexity index is 693. The highest BCUT2D eigenvalue weighted by Gasteiger charge is 2.11. The lowest BCUT2D eigenvalue weighted by molar-refractivity contribution is 0.0945. The van der Waals surface area contributed by atoms with Gasteiger partial charge in [0.1, 0.15) is 17.5 Å². The molecule has 0 aliphatic rings. The predicted molar refractivity (Wildman–Crippen MR) is 78.1 cm³/mol. The number of amides is 1. The molecule has 21 heavy (non-hydrogen) atoms. The number of aromatic nitrogens is 1. The van der Waals surface area contributed by atoms with E-state index >= 15 is 0 Å². The Morgan fingerprint density at radius 1 is 1.43 bits per heavy atom. The number of carbonyl (C=O) groups excluding carboxylic acids is 1. The van der Waals surface area contributed by atoms with Crippen LogP contribution in [0.25, 0.3) is 0 Å². The molecule has 0 unspecified atom stereocenters. The summed E-state index contributed by atoms with van der Waals surface area (Å²) in [6.07, 6.45) is 1.35. The number of nitriles is 1. The average Bonchev–Trinajstić information content (AvgIpc) is 2.53. The number of nitrogens with one attached hydrogen (secondary N) is 1. The second-order valence-corrected chi connectivity index (χ2v) is 4.55. The van der Waals surface area contributed by atoms with E-state index in [1.807, 2.05) is 6.07 Å². The van der Waals surface area contributed by atoms with Gasteiger partial charge in [0.2, 0.25) is 0 Å². The molecule has 0 spiro atoms. The molecule has 1 aromatic heterocycles. The number of carbonyl (C=O) groups is 1. The van der Waals surface area contributed by atoms with Gasteiger partial charge in [-0.2, -0.15) is 5.26 Å². The molecular weight excluding hydrogens is 290 g/mol. The molecule has 1 N–H and O–H groups in total. The van der Waals surface area contributed by atoms with Gasteiger partial charge < -0.3 is 10.1 Å². The van der Waals surface area contributed by atoms with Gasteiger partial charge in [0, 0.05) is 23.3 Å². The number of ether oxygens (including phenoxy) is 1. The summed E-state index contributed by atoms with van der Waals surface area (Å²) in [6, 6.07) is 10.3. The number of methoxy groups -OCH3 is 1. The van der Waals surface area contributed by atoms with Crippen LogP contribution in [0.5, 0.6) is 5.75 Å². The molecule has 0 bridgehead atoms. The van der Waals surface area contributed by atoms with Gasteiger partial charge in [0.15, 0.2) is 0 Å². The molecule has 1 aromatic carbocycles. The van der Waals surface area contributed by atoms with Crippen molar-refractivity contribution in [3.8, 4) is 11.8 Å². The maximum absolute atomic E-state index is 12.0. The number of nitrogens with zero attached hydrogens (tertiary/aromatic N) is 2. The summed E-state index contributed by atoms with van der Waals surface area (Å²) in [4.78, 5) is 15.9. The maximum Gasteiger partial charge on any atom is 0.270 e. The quantitative estimate of drug-likeness (QED) is 0.941. The highest BCUT2D eigenvalue weighted by molar-refractivity contribution is 6.31. The Labute approximate surface area is 127 Å². The number of halogens is 1. The van der Waals surface area contributed by atoms with E-state index in [-0.39, 0.29) is 18.1 Å². The first-order chi connectivity index (χ1) is 10.2. The first-order valence-corrected chi connectivity index (χ1v) is 6.49. The molecule has 0 aliphatic carbocycles. The fraction of sp³-hybridized carbons (Fsp3) is 0.133. The lowest BCUT2D eigenvalue weighted by atomic mass is 10.2. The van der Waals surface area contributed by atoms with E-state index in [1.165, 1.54) is 18.3 Å². The second-order valence-electron chi connectivity index (χ2n) is 4.15. The molecule has 1 heterocycles. The van der Waals surface area contributed by atoms with E-state index < -0.39 is 0 Å². The minimum atomic E-state index is -0.346. The zero-order chi connectivity index (χ0) is 15.2. The van der Waals surface area contributed by atoms with Gasteiger partial charge in [-0.3, -0.25) is 4.79 Å². The molecule has 0 radical (unpaired) electrons. The summed E-state index contributed by atoms with van der Waals surface area (Å²) in [7, 11) is 1.54. The van der Waals surface area contributed by atoms with Crippen molar-refractivity contribution in [3.63, 3.8) is 0 Å². The Balaban J connectivity index is 2.09. The van der Waals surface area contributed by atoms with Gasteiger partial charge in [0.05, 0.1) is 12.7 Å². The van der Waals surface area contributed by atoms with Crippen LogP contribution in [-0.2, 0) is 6.54 Å². The van der Waals surface area contributed by atoms with Crippen LogP contribution >= 0.6 is 11.6 Å². The van der Waals surface area contributed by atoms with Crippen LogP contribution in [0.3, 0.4) is 0 Å². The largest absolute Gasteiger partial charge is 0.496 e. The van der Waals surface area contributed by atoms with Gasteiger partial charge >= 0.3 is 0 Å². The van der Waals surface area contributed by atoms with Gasteiger partial charge in [-0.15, -0.1) is 0 Å². The maximum atomic E-state index is 12.0. The number of pyridine rings is 1. The van der Waals surface area contributed by atoms with Crippen LogP contribution in [0.4, 0.5) is 0 Å². The molecule has 0 saturated carbocycles. The zero-order valence-corrected chi connectivity index (χ0v) is 12.0. The average molecular weight is 302 g/mol. The predicted octanol–water partition coefficient (Wildman–Crippen LogP) is 2.55. The van der Waals surface area contributed by atoms with Gasteiger partial charge in [-0.25, -0.2) is 4.98 Å². The van der Waals surface area contributed by atoms with E-state index in [2.05, 4.69) is 10.3 Å². The van der Waals surface area contributed by atoms with Crippen molar-refractivity contribution in [3.05, 3.63) is 58.4 Å². The van der Waals surface area contributed by atoms with Crippen LogP contribution in [0.15, 0.2) is 36.5 Å². The summed E-state index contributed by atoms with van der Waals surface area (Å²) in [6.45, 7) is 0.226. The molecule has 2 aromatic rings. The lowest BCUT2D eigenvalue weighted by Gasteiger charge is -2.11. The van der Waals surface area contributed by atoms with Crippen LogP contribution in [0.2, 0.25) is 5.02 Å². The minimum Gasteiger partial charge on any atom is -0.496 e. The SMILES string of the molecule is COc1cccc(Cl)c1CNC(=O)c1ccc(C#N)cn1. The summed E-state index contributed by atoms with van der Waals surface area (Å²) >= 11 is 6.09. The van der Waals surface area contributed by atoms with E-state index in [0.29, 0.717) is 21.9 Å². The molecule has 0 atom stereocenters. The minimum absolute atomic E-state index is 0.226. The third-order valence-corrected chi connectivity index (χ3v) is 3.20. The summed E-state index contributed by atoms with van der Waals surface area (Å²) in [5, 5.41) is 11.9. The Morgan fingerprint density at radius 3 is 2.86 bits per heavy atom. The molecule has 6 heteroatoms. The molecule has 2 rings (SSSR count). The Morgan fingerprint density at radius 2 is 2.24 bits per heavy atom. The lowest BCUT2D eigenvalue weighted by Crippen LogP contribution is -2.24. The van der Waals surface area contributed by atoms with E-state index in [4.69, 9.17) is 21.6 Å². The molecular formula is C15H12ClN3O2. The van der Waals surface area contributed by atoms with Crippen molar-refractivity contribution in [2.24, 2.45) is 0 Å². The van der Waals surface area contributed by atoms with E-state index in [0.717, 1.165) is 0 Å². The third kappa shape index (κ3) is 3.50. The van der Waals surface area contributed by atoms with Crippen LogP contribution in [0, 0.1) is 11.3 Å². The number of benzene rings is 1. The Hall–Kier alpha value is -2.58. The van der Waals surface area contributed by atoms with Crippen molar-refractivity contribution < 1.29 is 9.53 Å². The zero-order valence-electron chi connectivity index (χ0n) is 11.3. The van der Waals surface area contributed by atoms with Crippen molar-refractivity contribution in [1.82, 2.24) is 10.3 Å². The number of hydrogen-bond donors (Lipinski definition) is 1. The number of rotatable bonds is 4. The topological polar surface area (TPSA) is 75.0 Å². The fourth-order valence-corrected chi connectivity index (χ4v) is 1.99. The highest BCUT2D eigenvalue weighted by atomic mass is 35.5. The highest BCUT2D eigenvalue weighted by Crippen LogP contribution is 2.25. The molecule has 106 valence electrons. The third-order valence-electron chi connectivity index (χ3n) is 2.85. The normalized spacial score (nSPS) is 9.76. The van der Waals surface area contributed by atoms with Gasteiger partial charge in [0.25, 0.3) is 5.91 Å². The van der Waals surface area contributed by atoms with Gasteiger partial charge in [-0.1, -0.05) is 17.7 Å². The van der Waals surface area contributed by atoms with Crippen LogP contribution in [-0.4, -0.2) is 18.0 Å². The van der Waals surface area contributed by atoms with E-state index in [1.54, 1.807) is 25.3 Å².